The minimum absolute atomic E-state index is 0.362. The molecule has 1 heterocycles. The van der Waals surface area contributed by atoms with Crippen LogP contribution in [-0.4, -0.2) is 35.2 Å². The van der Waals surface area contributed by atoms with Gasteiger partial charge in [-0.3, -0.25) is 4.79 Å². The van der Waals surface area contributed by atoms with Crippen molar-refractivity contribution in [3.05, 3.63) is 29.8 Å². The molecule has 2 rings (SSSR count). The average molecular weight is 248 g/mol. The minimum Gasteiger partial charge on any atom is -0.480 e. The Bertz CT molecular complexity index is 453. The van der Waals surface area contributed by atoms with Crippen LogP contribution < -0.4 is 4.90 Å². The molecule has 1 aromatic carbocycles. The zero-order chi connectivity index (χ0) is 12.3. The number of thioether (sulfide) groups is 1. The van der Waals surface area contributed by atoms with Gasteiger partial charge < -0.3 is 10.0 Å². The van der Waals surface area contributed by atoms with Crippen LogP contribution in [0.25, 0.3) is 0 Å². The van der Waals surface area contributed by atoms with Gasteiger partial charge in [0.25, 0.3) is 0 Å². The molecule has 1 atom stereocenters. The maximum absolute atomic E-state index is 10.9. The number of hydrogen-bond acceptors (Lipinski definition) is 4. The molecule has 0 bridgehead atoms. The van der Waals surface area contributed by atoms with Crippen LogP contribution in [0.1, 0.15) is 5.56 Å². The number of nitrogens with zero attached hydrogens (tertiary/aromatic N) is 2. The molecule has 1 aliphatic heterocycles. The van der Waals surface area contributed by atoms with E-state index in [4.69, 9.17) is 10.4 Å². The summed E-state index contributed by atoms with van der Waals surface area (Å²) in [4.78, 5) is 13.0. The number of hydrogen-bond donors (Lipinski definition) is 1. The van der Waals surface area contributed by atoms with Crippen molar-refractivity contribution in [3.8, 4) is 6.07 Å². The monoisotopic (exact) mass is 248 g/mol. The van der Waals surface area contributed by atoms with Gasteiger partial charge in [-0.1, -0.05) is 0 Å². The Hall–Kier alpha value is -1.67. The average Bonchev–Trinajstić information content (AvgIpc) is 2.39. The molecule has 1 saturated heterocycles. The lowest BCUT2D eigenvalue weighted by atomic mass is 10.2. The lowest BCUT2D eigenvalue weighted by molar-refractivity contribution is -0.136. The van der Waals surface area contributed by atoms with E-state index in [1.807, 2.05) is 12.1 Å². The first-order valence-corrected chi connectivity index (χ1v) is 6.35. The van der Waals surface area contributed by atoms with Crippen molar-refractivity contribution in [1.29, 1.82) is 5.26 Å². The molecule has 1 unspecified atom stereocenters. The van der Waals surface area contributed by atoms with Gasteiger partial charge in [-0.15, -0.1) is 11.8 Å². The van der Waals surface area contributed by atoms with E-state index in [9.17, 15) is 4.79 Å². The van der Waals surface area contributed by atoms with Crippen LogP contribution in [0.2, 0.25) is 0 Å². The van der Waals surface area contributed by atoms with Gasteiger partial charge in [0.1, 0.15) is 5.25 Å². The Morgan fingerprint density at radius 3 is 2.76 bits per heavy atom. The molecule has 1 aromatic rings. The number of carboxylic acid groups (broad SMARTS) is 1. The third-order valence-electron chi connectivity index (χ3n) is 2.70. The molecule has 1 fully saturated rings. The molecule has 0 aromatic heterocycles. The molecule has 4 nitrogen and oxygen atoms in total. The first-order valence-electron chi connectivity index (χ1n) is 5.30. The molecule has 17 heavy (non-hydrogen) atoms. The fourth-order valence-electron chi connectivity index (χ4n) is 1.78. The highest BCUT2D eigenvalue weighted by molar-refractivity contribution is 8.00. The molecule has 0 amide bonds. The van der Waals surface area contributed by atoms with Crippen LogP contribution in [0.15, 0.2) is 24.3 Å². The van der Waals surface area contributed by atoms with Crippen LogP contribution in [0.3, 0.4) is 0 Å². The second-order valence-corrected chi connectivity index (χ2v) is 5.11. The molecule has 0 saturated carbocycles. The summed E-state index contributed by atoms with van der Waals surface area (Å²) in [6.07, 6.45) is 0. The summed E-state index contributed by atoms with van der Waals surface area (Å²) in [5.74, 6) is 0.0603. The first kappa shape index (κ1) is 11.8. The van der Waals surface area contributed by atoms with Gasteiger partial charge in [0.15, 0.2) is 0 Å². The predicted octanol–water partition coefficient (Wildman–Crippen LogP) is 1.56. The van der Waals surface area contributed by atoms with Crippen molar-refractivity contribution < 1.29 is 9.90 Å². The van der Waals surface area contributed by atoms with Gasteiger partial charge >= 0.3 is 5.97 Å². The van der Waals surface area contributed by atoms with Crippen LogP contribution in [0, 0.1) is 11.3 Å². The summed E-state index contributed by atoms with van der Waals surface area (Å²) in [6, 6.07) is 9.32. The summed E-state index contributed by atoms with van der Waals surface area (Å²) >= 11 is 1.48. The van der Waals surface area contributed by atoms with Crippen molar-refractivity contribution in [1.82, 2.24) is 0 Å². The fourth-order valence-corrected chi connectivity index (χ4v) is 2.82. The number of benzene rings is 1. The summed E-state index contributed by atoms with van der Waals surface area (Å²) in [5.41, 5.74) is 1.60. The van der Waals surface area contributed by atoms with E-state index in [-0.39, 0.29) is 5.25 Å². The lowest BCUT2D eigenvalue weighted by Crippen LogP contribution is -2.41. The number of anilines is 1. The molecule has 0 radical (unpaired) electrons. The SMILES string of the molecule is N#Cc1ccc(N2CCSC(C(=O)O)C2)cc1. The van der Waals surface area contributed by atoms with Gasteiger partial charge in [0, 0.05) is 24.5 Å². The first-order chi connectivity index (χ1) is 8.20. The molecule has 88 valence electrons. The lowest BCUT2D eigenvalue weighted by Gasteiger charge is -2.32. The Morgan fingerprint density at radius 1 is 1.47 bits per heavy atom. The van der Waals surface area contributed by atoms with Crippen molar-refractivity contribution >= 4 is 23.4 Å². The van der Waals surface area contributed by atoms with Crippen molar-refractivity contribution in [3.63, 3.8) is 0 Å². The summed E-state index contributed by atoms with van der Waals surface area (Å²) in [5, 5.41) is 17.3. The normalized spacial score (nSPS) is 19.7. The quantitative estimate of drug-likeness (QED) is 0.860. The molecular weight excluding hydrogens is 236 g/mol. The third kappa shape index (κ3) is 2.71. The Balaban J connectivity index is 2.11. The van der Waals surface area contributed by atoms with Gasteiger partial charge in [-0.25, -0.2) is 0 Å². The molecule has 0 aliphatic carbocycles. The topological polar surface area (TPSA) is 64.3 Å². The fraction of sp³-hybridized carbons (Fsp3) is 0.333. The van der Waals surface area contributed by atoms with Gasteiger partial charge in [-0.05, 0) is 24.3 Å². The number of aliphatic carboxylic acids is 1. The van der Waals surface area contributed by atoms with E-state index >= 15 is 0 Å². The number of carbonyl (C=O) groups is 1. The number of rotatable bonds is 2. The third-order valence-corrected chi connectivity index (χ3v) is 3.87. The predicted molar refractivity (Wildman–Crippen MR) is 67.3 cm³/mol. The van der Waals surface area contributed by atoms with E-state index in [0.717, 1.165) is 18.0 Å². The number of carboxylic acids is 1. The highest BCUT2D eigenvalue weighted by Crippen LogP contribution is 2.24. The minimum atomic E-state index is -0.756. The smallest absolute Gasteiger partial charge is 0.318 e. The zero-order valence-corrected chi connectivity index (χ0v) is 9.98. The maximum atomic E-state index is 10.9. The van der Waals surface area contributed by atoms with Crippen molar-refractivity contribution in [2.45, 2.75) is 5.25 Å². The van der Waals surface area contributed by atoms with Crippen LogP contribution in [0.4, 0.5) is 5.69 Å². The Kier molecular flexibility index (Phi) is 3.55. The van der Waals surface area contributed by atoms with E-state index in [1.165, 1.54) is 11.8 Å². The largest absolute Gasteiger partial charge is 0.480 e. The van der Waals surface area contributed by atoms with Gasteiger partial charge in [0.05, 0.1) is 11.6 Å². The van der Waals surface area contributed by atoms with E-state index < -0.39 is 5.97 Å². The second-order valence-electron chi connectivity index (χ2n) is 3.80. The highest BCUT2D eigenvalue weighted by atomic mass is 32.2. The van der Waals surface area contributed by atoms with E-state index in [1.54, 1.807) is 12.1 Å². The number of nitriles is 1. The molecular formula is C12H12N2O2S. The maximum Gasteiger partial charge on any atom is 0.318 e. The van der Waals surface area contributed by atoms with Crippen molar-refractivity contribution in [2.75, 3.05) is 23.7 Å². The second kappa shape index (κ2) is 5.11. The molecule has 1 aliphatic rings. The van der Waals surface area contributed by atoms with Gasteiger partial charge in [-0.2, -0.15) is 5.26 Å². The van der Waals surface area contributed by atoms with E-state index in [0.29, 0.717) is 12.1 Å². The summed E-state index contributed by atoms with van der Waals surface area (Å²) in [6.45, 7) is 1.37. The Morgan fingerprint density at radius 2 is 2.18 bits per heavy atom. The molecule has 0 spiro atoms. The van der Waals surface area contributed by atoms with Crippen LogP contribution in [-0.2, 0) is 4.79 Å². The molecule has 1 N–H and O–H groups in total. The van der Waals surface area contributed by atoms with Gasteiger partial charge in [0.2, 0.25) is 0 Å². The highest BCUT2D eigenvalue weighted by Gasteiger charge is 2.25. The van der Waals surface area contributed by atoms with Crippen LogP contribution >= 0.6 is 11.8 Å². The molecule has 5 heteroatoms. The van der Waals surface area contributed by atoms with Crippen molar-refractivity contribution in [2.24, 2.45) is 0 Å². The van der Waals surface area contributed by atoms with Crippen LogP contribution in [0.5, 0.6) is 0 Å². The summed E-state index contributed by atoms with van der Waals surface area (Å²) in [7, 11) is 0. The standard InChI is InChI=1S/C12H12N2O2S/c13-7-9-1-3-10(4-2-9)14-5-6-17-11(8-14)12(15)16/h1-4,11H,5-6,8H2,(H,15,16). The van der Waals surface area contributed by atoms with E-state index in [2.05, 4.69) is 11.0 Å². The zero-order valence-electron chi connectivity index (χ0n) is 9.17. The Labute approximate surface area is 104 Å². The summed E-state index contributed by atoms with van der Waals surface area (Å²) < 4.78 is 0.